The van der Waals surface area contributed by atoms with Crippen molar-refractivity contribution >= 4 is 49.4 Å². The Hall–Kier alpha value is -0.0600. The van der Waals surface area contributed by atoms with Crippen LogP contribution in [-0.4, -0.2) is 17.3 Å². The van der Waals surface area contributed by atoms with Gasteiger partial charge in [0.25, 0.3) is 5.91 Å². The summed E-state index contributed by atoms with van der Waals surface area (Å²) in [6.45, 7) is 4.93. The lowest BCUT2D eigenvalue weighted by molar-refractivity contribution is 0.0953. The standard InChI is InChI=1S/C13H16Br2ClNO/c1-8(2)5-10(14)7-17-13(18)9-3-4-11(15)12(16)6-9/h3-4,6,8,10H,5,7H2,1-2H3,(H,17,18). The van der Waals surface area contributed by atoms with Gasteiger partial charge in [0.05, 0.1) is 5.02 Å². The second kappa shape index (κ2) is 7.51. The van der Waals surface area contributed by atoms with Crippen LogP contribution in [0.1, 0.15) is 30.6 Å². The van der Waals surface area contributed by atoms with Crippen LogP contribution in [0.15, 0.2) is 22.7 Å². The number of rotatable bonds is 5. The highest BCUT2D eigenvalue weighted by Crippen LogP contribution is 2.23. The number of alkyl halides is 1. The first-order chi connectivity index (χ1) is 8.40. The number of nitrogens with one attached hydrogen (secondary N) is 1. The minimum absolute atomic E-state index is 0.0994. The number of hydrogen-bond donors (Lipinski definition) is 1. The molecule has 0 spiro atoms. The molecule has 2 nitrogen and oxygen atoms in total. The molecule has 0 aliphatic carbocycles. The number of carbonyl (C=O) groups is 1. The third-order valence-electron chi connectivity index (χ3n) is 2.39. The van der Waals surface area contributed by atoms with E-state index >= 15 is 0 Å². The zero-order valence-corrected chi connectivity index (χ0v) is 14.3. The molecular formula is C13H16Br2ClNO. The Bertz CT molecular complexity index is 423. The molecular weight excluding hydrogens is 381 g/mol. The summed E-state index contributed by atoms with van der Waals surface area (Å²) in [6.07, 6.45) is 1.03. The highest BCUT2D eigenvalue weighted by molar-refractivity contribution is 9.10. The van der Waals surface area contributed by atoms with Gasteiger partial charge in [-0.3, -0.25) is 4.79 Å². The van der Waals surface area contributed by atoms with Crippen molar-refractivity contribution in [3.63, 3.8) is 0 Å². The Labute approximate surface area is 130 Å². The van der Waals surface area contributed by atoms with Crippen molar-refractivity contribution in [2.75, 3.05) is 6.54 Å². The number of amides is 1. The normalized spacial score (nSPS) is 12.6. The predicted molar refractivity (Wildman–Crippen MR) is 83.7 cm³/mol. The Morgan fingerprint density at radius 3 is 2.67 bits per heavy atom. The zero-order valence-electron chi connectivity index (χ0n) is 10.3. The molecule has 0 saturated heterocycles. The number of hydrogen-bond acceptors (Lipinski definition) is 1. The molecule has 1 N–H and O–H groups in total. The van der Waals surface area contributed by atoms with Crippen LogP contribution in [0.3, 0.4) is 0 Å². The van der Waals surface area contributed by atoms with Crippen molar-refractivity contribution in [2.24, 2.45) is 5.92 Å². The maximum absolute atomic E-state index is 11.9. The second-order valence-electron chi connectivity index (χ2n) is 4.57. The number of halogens is 3. The molecule has 0 heterocycles. The highest BCUT2D eigenvalue weighted by Gasteiger charge is 2.11. The molecule has 0 saturated carbocycles. The molecule has 0 aromatic heterocycles. The largest absolute Gasteiger partial charge is 0.351 e. The Kier molecular flexibility index (Phi) is 6.67. The van der Waals surface area contributed by atoms with Crippen molar-refractivity contribution in [3.8, 4) is 0 Å². The Morgan fingerprint density at radius 2 is 2.11 bits per heavy atom. The number of benzene rings is 1. The van der Waals surface area contributed by atoms with Crippen LogP contribution in [-0.2, 0) is 0 Å². The maximum atomic E-state index is 11.9. The molecule has 0 aliphatic rings. The van der Waals surface area contributed by atoms with Gasteiger partial charge < -0.3 is 5.32 Å². The van der Waals surface area contributed by atoms with Crippen molar-refractivity contribution in [2.45, 2.75) is 25.1 Å². The highest BCUT2D eigenvalue weighted by atomic mass is 79.9. The molecule has 0 bridgehead atoms. The van der Waals surface area contributed by atoms with Gasteiger partial charge in [-0.15, -0.1) is 0 Å². The van der Waals surface area contributed by atoms with Crippen LogP contribution in [0, 0.1) is 5.92 Å². The van der Waals surface area contributed by atoms with E-state index in [2.05, 4.69) is 51.0 Å². The van der Waals surface area contributed by atoms with Gasteiger partial charge in [0.2, 0.25) is 0 Å². The molecule has 1 atom stereocenters. The van der Waals surface area contributed by atoms with E-state index < -0.39 is 0 Å². The molecule has 1 aromatic rings. The van der Waals surface area contributed by atoms with Crippen molar-refractivity contribution in [1.29, 1.82) is 0 Å². The van der Waals surface area contributed by atoms with Gasteiger partial charge in [-0.05, 0) is 46.5 Å². The monoisotopic (exact) mass is 395 g/mol. The average molecular weight is 398 g/mol. The summed E-state index contributed by atoms with van der Waals surface area (Å²) in [4.78, 5) is 12.2. The van der Waals surface area contributed by atoms with Gasteiger partial charge in [0, 0.05) is 21.4 Å². The maximum Gasteiger partial charge on any atom is 0.251 e. The lowest BCUT2D eigenvalue weighted by Crippen LogP contribution is -2.30. The van der Waals surface area contributed by atoms with Crippen LogP contribution in [0.5, 0.6) is 0 Å². The van der Waals surface area contributed by atoms with Gasteiger partial charge in [-0.2, -0.15) is 0 Å². The fourth-order valence-corrected chi connectivity index (χ4v) is 2.87. The summed E-state index contributed by atoms with van der Waals surface area (Å²) in [5.41, 5.74) is 0.576. The second-order valence-corrected chi connectivity index (χ2v) is 7.12. The summed E-state index contributed by atoms with van der Waals surface area (Å²) in [7, 11) is 0. The van der Waals surface area contributed by atoms with Gasteiger partial charge >= 0.3 is 0 Å². The summed E-state index contributed by atoms with van der Waals surface area (Å²) >= 11 is 12.8. The minimum Gasteiger partial charge on any atom is -0.351 e. The third kappa shape index (κ3) is 5.29. The first-order valence-corrected chi connectivity index (χ1v) is 7.86. The smallest absolute Gasteiger partial charge is 0.251 e. The van der Waals surface area contributed by atoms with Crippen LogP contribution in [0.25, 0.3) is 0 Å². The Balaban J connectivity index is 2.52. The van der Waals surface area contributed by atoms with Crippen molar-refractivity contribution in [1.82, 2.24) is 5.32 Å². The fourth-order valence-electron chi connectivity index (χ4n) is 1.54. The van der Waals surface area contributed by atoms with E-state index in [0.29, 0.717) is 27.9 Å². The SMILES string of the molecule is CC(C)CC(Br)CNC(=O)c1ccc(Br)c(Cl)c1. The molecule has 1 rings (SSSR count). The first kappa shape index (κ1) is 16.0. The van der Waals surface area contributed by atoms with Crippen LogP contribution in [0.2, 0.25) is 5.02 Å². The van der Waals surface area contributed by atoms with E-state index in [1.54, 1.807) is 18.2 Å². The van der Waals surface area contributed by atoms with E-state index in [4.69, 9.17) is 11.6 Å². The summed E-state index contributed by atoms with van der Waals surface area (Å²) < 4.78 is 0.791. The van der Waals surface area contributed by atoms with E-state index in [0.717, 1.165) is 10.9 Å². The van der Waals surface area contributed by atoms with Gasteiger partial charge in [-0.25, -0.2) is 0 Å². The van der Waals surface area contributed by atoms with Gasteiger partial charge in [-0.1, -0.05) is 41.4 Å². The molecule has 0 aliphatic heterocycles. The fraction of sp³-hybridized carbons (Fsp3) is 0.462. The minimum atomic E-state index is -0.0994. The molecule has 1 unspecified atom stereocenters. The van der Waals surface area contributed by atoms with Crippen LogP contribution < -0.4 is 5.32 Å². The molecule has 18 heavy (non-hydrogen) atoms. The topological polar surface area (TPSA) is 29.1 Å². The molecule has 5 heteroatoms. The zero-order chi connectivity index (χ0) is 13.7. The van der Waals surface area contributed by atoms with E-state index in [1.165, 1.54) is 0 Å². The predicted octanol–water partition coefficient (Wildman–Crippen LogP) is 4.64. The van der Waals surface area contributed by atoms with E-state index in [1.807, 2.05) is 0 Å². The van der Waals surface area contributed by atoms with Crippen LogP contribution >= 0.6 is 43.5 Å². The average Bonchev–Trinajstić information content (AvgIpc) is 2.28. The lowest BCUT2D eigenvalue weighted by atomic mass is 10.1. The molecule has 1 aromatic carbocycles. The number of carbonyl (C=O) groups excluding carboxylic acids is 1. The summed E-state index contributed by atoms with van der Waals surface area (Å²) in [6, 6.07) is 5.18. The first-order valence-electron chi connectivity index (χ1n) is 5.77. The molecule has 100 valence electrons. The van der Waals surface area contributed by atoms with Crippen LogP contribution in [0.4, 0.5) is 0 Å². The van der Waals surface area contributed by atoms with Crippen molar-refractivity contribution < 1.29 is 4.79 Å². The van der Waals surface area contributed by atoms with E-state index in [-0.39, 0.29) is 5.91 Å². The summed E-state index contributed by atoms with van der Waals surface area (Å²) in [5.74, 6) is 0.506. The summed E-state index contributed by atoms with van der Waals surface area (Å²) in [5, 5.41) is 3.43. The van der Waals surface area contributed by atoms with Crippen molar-refractivity contribution in [3.05, 3.63) is 33.3 Å². The van der Waals surface area contributed by atoms with Gasteiger partial charge in [0.1, 0.15) is 0 Å². The molecule has 0 radical (unpaired) electrons. The molecule has 0 fully saturated rings. The Morgan fingerprint density at radius 1 is 1.44 bits per heavy atom. The third-order valence-corrected chi connectivity index (χ3v) is 4.32. The quantitative estimate of drug-likeness (QED) is 0.721. The van der Waals surface area contributed by atoms with E-state index in [9.17, 15) is 4.79 Å². The molecule has 1 amide bonds. The van der Waals surface area contributed by atoms with Gasteiger partial charge in [0.15, 0.2) is 0 Å². The lowest BCUT2D eigenvalue weighted by Gasteiger charge is -2.13.